The average molecular weight is 415 g/mol. The highest BCUT2D eigenvalue weighted by atomic mass is 15.3. The molecule has 8 nitrogen and oxygen atoms in total. The van der Waals surface area contributed by atoms with E-state index in [4.69, 9.17) is 4.98 Å². The van der Waals surface area contributed by atoms with Gasteiger partial charge < -0.3 is 15.1 Å². The van der Waals surface area contributed by atoms with Crippen molar-refractivity contribution in [3.8, 4) is 11.3 Å². The second kappa shape index (κ2) is 8.69. The molecular weight excluding hydrogens is 388 g/mol. The SMILES string of the molecule is CN1CCN(c2ccc(-c3cnc4c(NCCc5ccccn5)nccn34)cn2)CC1. The standard InChI is InChI=1S/C23H26N8/c1-29-12-14-30(15-13-29)21-6-5-18(16-27-21)20-17-28-23-22(26-10-11-31(20)23)25-9-7-19-4-2-3-8-24-19/h2-6,8,10-11,16-17H,7,9,12-15H2,1H3,(H,25,26). The number of fused-ring (bicyclic) bond motifs is 1. The van der Waals surface area contributed by atoms with E-state index in [1.54, 1.807) is 6.20 Å². The molecule has 0 amide bonds. The van der Waals surface area contributed by atoms with Crippen molar-refractivity contribution >= 4 is 17.3 Å². The van der Waals surface area contributed by atoms with Gasteiger partial charge in [-0.15, -0.1) is 0 Å². The van der Waals surface area contributed by atoms with Crippen LogP contribution < -0.4 is 10.2 Å². The number of imidazole rings is 1. The van der Waals surface area contributed by atoms with Crippen molar-refractivity contribution < 1.29 is 0 Å². The van der Waals surface area contributed by atoms with E-state index >= 15 is 0 Å². The van der Waals surface area contributed by atoms with Crippen LogP contribution in [0.5, 0.6) is 0 Å². The van der Waals surface area contributed by atoms with Crippen LogP contribution in [0.4, 0.5) is 11.6 Å². The number of nitrogens with zero attached hydrogens (tertiary/aromatic N) is 7. The largest absolute Gasteiger partial charge is 0.367 e. The van der Waals surface area contributed by atoms with Crippen LogP contribution in [0.2, 0.25) is 0 Å². The maximum Gasteiger partial charge on any atom is 0.180 e. The molecule has 1 aliphatic heterocycles. The van der Waals surface area contributed by atoms with Crippen LogP contribution in [-0.4, -0.2) is 69.0 Å². The lowest BCUT2D eigenvalue weighted by atomic mass is 10.2. The summed E-state index contributed by atoms with van der Waals surface area (Å²) >= 11 is 0. The minimum absolute atomic E-state index is 0.743. The Hall–Kier alpha value is -3.52. The monoisotopic (exact) mass is 414 g/mol. The molecule has 4 aromatic rings. The molecule has 0 atom stereocenters. The van der Waals surface area contributed by atoms with Gasteiger partial charge in [0, 0.05) is 75.2 Å². The molecule has 4 aromatic heterocycles. The molecule has 0 radical (unpaired) electrons. The highest BCUT2D eigenvalue weighted by Crippen LogP contribution is 2.24. The van der Waals surface area contributed by atoms with E-state index in [1.807, 2.05) is 43.0 Å². The maximum absolute atomic E-state index is 4.72. The lowest BCUT2D eigenvalue weighted by molar-refractivity contribution is 0.312. The molecule has 0 aliphatic carbocycles. The second-order valence-electron chi connectivity index (χ2n) is 7.81. The molecule has 0 spiro atoms. The van der Waals surface area contributed by atoms with Crippen molar-refractivity contribution in [1.82, 2.24) is 29.2 Å². The topological polar surface area (TPSA) is 74.5 Å². The molecule has 1 N–H and O–H groups in total. The zero-order valence-electron chi connectivity index (χ0n) is 17.6. The highest BCUT2D eigenvalue weighted by molar-refractivity contribution is 5.70. The van der Waals surface area contributed by atoms with Crippen LogP contribution in [-0.2, 0) is 6.42 Å². The van der Waals surface area contributed by atoms with Crippen molar-refractivity contribution in [3.63, 3.8) is 0 Å². The molecule has 0 saturated carbocycles. The van der Waals surface area contributed by atoms with Gasteiger partial charge in [0.25, 0.3) is 0 Å². The molecule has 31 heavy (non-hydrogen) atoms. The summed E-state index contributed by atoms with van der Waals surface area (Å²) in [6.07, 6.45) is 10.2. The number of hydrogen-bond acceptors (Lipinski definition) is 7. The average Bonchev–Trinajstić information content (AvgIpc) is 3.26. The first kappa shape index (κ1) is 19.4. The third kappa shape index (κ3) is 4.20. The van der Waals surface area contributed by atoms with Crippen LogP contribution in [0, 0.1) is 0 Å². The molecule has 1 aliphatic rings. The summed E-state index contributed by atoms with van der Waals surface area (Å²) in [5.41, 5.74) is 3.90. The fraction of sp³-hybridized carbons (Fsp3) is 0.304. The minimum atomic E-state index is 0.743. The maximum atomic E-state index is 4.72. The fourth-order valence-corrected chi connectivity index (χ4v) is 3.87. The summed E-state index contributed by atoms with van der Waals surface area (Å²) in [6, 6.07) is 10.2. The highest BCUT2D eigenvalue weighted by Gasteiger charge is 2.16. The second-order valence-corrected chi connectivity index (χ2v) is 7.81. The predicted molar refractivity (Wildman–Crippen MR) is 122 cm³/mol. The van der Waals surface area contributed by atoms with Crippen LogP contribution in [0.1, 0.15) is 5.69 Å². The van der Waals surface area contributed by atoms with E-state index < -0.39 is 0 Å². The quantitative estimate of drug-likeness (QED) is 0.520. The first-order valence-corrected chi connectivity index (χ1v) is 10.6. The number of likely N-dealkylation sites (N-methyl/N-ethyl adjacent to an activating group) is 1. The Bertz CT molecular complexity index is 1130. The minimum Gasteiger partial charge on any atom is -0.367 e. The van der Waals surface area contributed by atoms with E-state index in [2.05, 4.69) is 53.6 Å². The number of nitrogens with one attached hydrogen (secondary N) is 1. The van der Waals surface area contributed by atoms with E-state index in [9.17, 15) is 0 Å². The number of aromatic nitrogens is 5. The number of rotatable bonds is 6. The molecular formula is C23H26N8. The summed E-state index contributed by atoms with van der Waals surface area (Å²) in [4.78, 5) is 22.9. The van der Waals surface area contributed by atoms with Gasteiger partial charge in [0.1, 0.15) is 5.82 Å². The van der Waals surface area contributed by atoms with Crippen molar-refractivity contribution in [2.75, 3.05) is 50.0 Å². The van der Waals surface area contributed by atoms with Gasteiger partial charge in [0.05, 0.1) is 11.9 Å². The van der Waals surface area contributed by atoms with Gasteiger partial charge >= 0.3 is 0 Å². The Morgan fingerprint density at radius 1 is 0.903 bits per heavy atom. The predicted octanol–water partition coefficient (Wildman–Crippen LogP) is 2.59. The zero-order valence-corrected chi connectivity index (χ0v) is 17.6. The molecule has 0 aromatic carbocycles. The van der Waals surface area contributed by atoms with Gasteiger partial charge in [-0.2, -0.15) is 0 Å². The third-order valence-electron chi connectivity index (χ3n) is 5.70. The number of hydrogen-bond donors (Lipinski definition) is 1. The zero-order chi connectivity index (χ0) is 21.0. The molecule has 5 heterocycles. The first-order chi connectivity index (χ1) is 15.3. The molecule has 158 valence electrons. The lowest BCUT2D eigenvalue weighted by Crippen LogP contribution is -2.44. The molecule has 5 rings (SSSR count). The summed E-state index contributed by atoms with van der Waals surface area (Å²) in [6.45, 7) is 4.90. The summed E-state index contributed by atoms with van der Waals surface area (Å²) in [7, 11) is 2.16. The molecule has 1 fully saturated rings. The fourth-order valence-electron chi connectivity index (χ4n) is 3.87. The summed E-state index contributed by atoms with van der Waals surface area (Å²) in [5, 5.41) is 3.40. The van der Waals surface area contributed by atoms with Gasteiger partial charge in [-0.05, 0) is 31.3 Å². The summed E-state index contributed by atoms with van der Waals surface area (Å²) < 4.78 is 2.06. The Kier molecular flexibility index (Phi) is 5.45. The number of pyridine rings is 2. The van der Waals surface area contributed by atoms with E-state index in [1.165, 1.54) is 0 Å². The van der Waals surface area contributed by atoms with Crippen molar-refractivity contribution in [2.45, 2.75) is 6.42 Å². The van der Waals surface area contributed by atoms with Crippen LogP contribution in [0.15, 0.2) is 61.3 Å². The van der Waals surface area contributed by atoms with Gasteiger partial charge in [-0.1, -0.05) is 6.07 Å². The molecule has 0 unspecified atom stereocenters. The normalized spacial score (nSPS) is 14.8. The molecule has 0 bridgehead atoms. The van der Waals surface area contributed by atoms with Crippen LogP contribution in [0.25, 0.3) is 16.9 Å². The Morgan fingerprint density at radius 3 is 2.58 bits per heavy atom. The van der Waals surface area contributed by atoms with Gasteiger partial charge in [0.2, 0.25) is 0 Å². The van der Waals surface area contributed by atoms with Crippen LogP contribution in [0.3, 0.4) is 0 Å². The van der Waals surface area contributed by atoms with Gasteiger partial charge in [-0.25, -0.2) is 15.0 Å². The number of piperazine rings is 1. The number of anilines is 2. The Balaban J connectivity index is 1.32. The Morgan fingerprint density at radius 2 is 1.81 bits per heavy atom. The van der Waals surface area contributed by atoms with Gasteiger partial charge in [0.15, 0.2) is 11.5 Å². The first-order valence-electron chi connectivity index (χ1n) is 10.6. The molecule has 1 saturated heterocycles. The van der Waals surface area contributed by atoms with Crippen molar-refractivity contribution in [1.29, 1.82) is 0 Å². The Labute approximate surface area is 181 Å². The smallest absolute Gasteiger partial charge is 0.180 e. The lowest BCUT2D eigenvalue weighted by Gasteiger charge is -2.33. The molecule has 8 heteroatoms. The van der Waals surface area contributed by atoms with E-state index in [0.29, 0.717) is 0 Å². The van der Waals surface area contributed by atoms with Crippen molar-refractivity contribution in [2.24, 2.45) is 0 Å². The van der Waals surface area contributed by atoms with E-state index in [0.717, 1.165) is 73.4 Å². The van der Waals surface area contributed by atoms with Crippen molar-refractivity contribution in [3.05, 3.63) is 67.0 Å². The van der Waals surface area contributed by atoms with E-state index in [-0.39, 0.29) is 0 Å². The van der Waals surface area contributed by atoms with Crippen LogP contribution >= 0.6 is 0 Å². The third-order valence-corrected chi connectivity index (χ3v) is 5.70. The summed E-state index contributed by atoms with van der Waals surface area (Å²) in [5.74, 6) is 1.80. The van der Waals surface area contributed by atoms with Gasteiger partial charge in [-0.3, -0.25) is 9.38 Å².